The third-order valence-electron chi connectivity index (χ3n) is 6.10. The summed E-state index contributed by atoms with van der Waals surface area (Å²) in [7, 11) is 1.67. The molecule has 0 aliphatic carbocycles. The van der Waals surface area contributed by atoms with E-state index < -0.39 is 6.10 Å². The summed E-state index contributed by atoms with van der Waals surface area (Å²) in [6, 6.07) is 11.8. The molecule has 1 saturated heterocycles. The van der Waals surface area contributed by atoms with Gasteiger partial charge in [0.05, 0.1) is 32.0 Å². The smallest absolute Gasteiger partial charge is 0.253 e. The second-order valence-electron chi connectivity index (χ2n) is 9.51. The summed E-state index contributed by atoms with van der Waals surface area (Å²) in [5.41, 5.74) is 2.07. The molecule has 1 unspecified atom stereocenters. The Morgan fingerprint density at radius 1 is 1.17 bits per heavy atom. The van der Waals surface area contributed by atoms with Crippen molar-refractivity contribution >= 4 is 17.5 Å². The zero-order valence-electron chi connectivity index (χ0n) is 20.8. The number of benzene rings is 2. The van der Waals surface area contributed by atoms with E-state index in [1.807, 2.05) is 35.2 Å². The van der Waals surface area contributed by atoms with Gasteiger partial charge in [-0.15, -0.1) is 0 Å². The topological polar surface area (TPSA) is 60.5 Å². The predicted molar refractivity (Wildman–Crippen MR) is 135 cm³/mol. The van der Waals surface area contributed by atoms with Crippen molar-refractivity contribution in [2.24, 2.45) is 5.92 Å². The van der Waals surface area contributed by atoms with Gasteiger partial charge in [-0.3, -0.25) is 9.69 Å². The van der Waals surface area contributed by atoms with E-state index in [-0.39, 0.29) is 5.91 Å². The van der Waals surface area contributed by atoms with Crippen LogP contribution in [0, 0.1) is 5.92 Å². The third kappa shape index (κ3) is 6.81. The van der Waals surface area contributed by atoms with Crippen LogP contribution in [0.4, 0.5) is 0 Å². The van der Waals surface area contributed by atoms with E-state index in [1.54, 1.807) is 7.11 Å². The van der Waals surface area contributed by atoms with Gasteiger partial charge >= 0.3 is 0 Å². The fraction of sp³-hybridized carbons (Fsp3) is 0.519. The fourth-order valence-corrected chi connectivity index (χ4v) is 4.79. The molecule has 7 nitrogen and oxygen atoms in total. The van der Waals surface area contributed by atoms with E-state index in [2.05, 4.69) is 24.8 Å². The van der Waals surface area contributed by atoms with E-state index in [0.717, 1.165) is 36.4 Å². The van der Waals surface area contributed by atoms with Crippen LogP contribution < -0.4 is 14.2 Å². The minimum absolute atomic E-state index is 0.00252. The molecule has 35 heavy (non-hydrogen) atoms. The number of hydrogen-bond donors (Lipinski definition) is 0. The van der Waals surface area contributed by atoms with Gasteiger partial charge in [-0.05, 0) is 41.3 Å². The average molecular weight is 503 g/mol. The molecule has 0 spiro atoms. The lowest BCUT2D eigenvalue weighted by Crippen LogP contribution is -2.51. The van der Waals surface area contributed by atoms with Crippen molar-refractivity contribution in [1.29, 1.82) is 0 Å². The Balaban J connectivity index is 1.46. The number of morpholine rings is 1. The van der Waals surface area contributed by atoms with Crippen LogP contribution in [0.3, 0.4) is 0 Å². The Morgan fingerprint density at radius 2 is 2.00 bits per heavy atom. The Labute approximate surface area is 212 Å². The van der Waals surface area contributed by atoms with Crippen LogP contribution in [0.5, 0.6) is 17.2 Å². The maximum Gasteiger partial charge on any atom is 0.253 e. The van der Waals surface area contributed by atoms with E-state index in [0.29, 0.717) is 61.9 Å². The zero-order valence-corrected chi connectivity index (χ0v) is 21.6. The molecule has 2 aromatic carbocycles. The quantitative estimate of drug-likeness (QED) is 0.533. The van der Waals surface area contributed by atoms with Crippen molar-refractivity contribution in [3.63, 3.8) is 0 Å². The second-order valence-corrected chi connectivity index (χ2v) is 9.92. The highest BCUT2D eigenvalue weighted by molar-refractivity contribution is 6.32. The van der Waals surface area contributed by atoms with Crippen LogP contribution >= 0.6 is 11.6 Å². The minimum atomic E-state index is -0.510. The van der Waals surface area contributed by atoms with Crippen molar-refractivity contribution in [3.8, 4) is 17.2 Å². The maximum atomic E-state index is 13.6. The minimum Gasteiger partial charge on any atom is -0.497 e. The molecule has 2 aliphatic heterocycles. The molecule has 1 amide bonds. The standard InChI is InChI=1S/C27H35ClN2O5/c1-19(2)15-30(17-21-13-23(28)26-24(14-21)33-9-5-10-35-26)27(31)25-18-29(8-11-34-25)16-20-6-4-7-22(12-20)32-3/h4,6-7,12-14,19,25H,5,8-11,15-18H2,1-3H3. The fourth-order valence-electron chi connectivity index (χ4n) is 4.50. The number of methoxy groups -OCH3 is 1. The Bertz CT molecular complexity index is 1020. The molecule has 0 N–H and O–H groups in total. The van der Waals surface area contributed by atoms with Gasteiger partial charge in [0, 0.05) is 39.1 Å². The summed E-state index contributed by atoms with van der Waals surface area (Å²) < 4.78 is 22.9. The van der Waals surface area contributed by atoms with Crippen LogP contribution in [0.2, 0.25) is 5.02 Å². The van der Waals surface area contributed by atoms with Crippen LogP contribution in [0.1, 0.15) is 31.4 Å². The highest BCUT2D eigenvalue weighted by atomic mass is 35.5. The van der Waals surface area contributed by atoms with Gasteiger partial charge in [0.15, 0.2) is 11.5 Å². The number of rotatable bonds is 8. The van der Waals surface area contributed by atoms with Crippen molar-refractivity contribution in [2.45, 2.75) is 39.5 Å². The molecular formula is C27H35ClN2O5. The van der Waals surface area contributed by atoms with Crippen LogP contribution in [0.25, 0.3) is 0 Å². The second kappa shape index (κ2) is 12.0. The predicted octanol–water partition coefficient (Wildman–Crippen LogP) is 4.40. The van der Waals surface area contributed by atoms with Crippen LogP contribution in [0.15, 0.2) is 36.4 Å². The summed E-state index contributed by atoms with van der Waals surface area (Å²) in [6.45, 7) is 9.03. The first-order valence-corrected chi connectivity index (χ1v) is 12.6. The largest absolute Gasteiger partial charge is 0.497 e. The summed E-state index contributed by atoms with van der Waals surface area (Å²) in [4.78, 5) is 17.8. The number of ether oxygens (including phenoxy) is 4. The zero-order chi connectivity index (χ0) is 24.8. The Kier molecular flexibility index (Phi) is 8.76. The highest BCUT2D eigenvalue weighted by Gasteiger charge is 2.31. The van der Waals surface area contributed by atoms with E-state index in [1.165, 1.54) is 0 Å². The van der Waals surface area contributed by atoms with Crippen molar-refractivity contribution in [3.05, 3.63) is 52.5 Å². The summed E-state index contributed by atoms with van der Waals surface area (Å²) >= 11 is 6.51. The molecular weight excluding hydrogens is 468 g/mol. The van der Waals surface area contributed by atoms with Gasteiger partial charge in [0.2, 0.25) is 0 Å². The van der Waals surface area contributed by atoms with Gasteiger partial charge in [-0.25, -0.2) is 0 Å². The molecule has 1 fully saturated rings. The molecule has 0 radical (unpaired) electrons. The first-order valence-electron chi connectivity index (χ1n) is 12.3. The lowest BCUT2D eigenvalue weighted by molar-refractivity contribution is -0.151. The van der Waals surface area contributed by atoms with E-state index in [4.69, 9.17) is 30.5 Å². The van der Waals surface area contributed by atoms with Crippen LogP contribution in [-0.2, 0) is 22.6 Å². The molecule has 0 saturated carbocycles. The van der Waals surface area contributed by atoms with Crippen LogP contribution in [-0.4, -0.2) is 68.4 Å². The molecule has 1 atom stereocenters. The molecule has 2 aromatic rings. The highest BCUT2D eigenvalue weighted by Crippen LogP contribution is 2.38. The molecule has 2 aliphatic rings. The molecule has 0 bridgehead atoms. The van der Waals surface area contributed by atoms with Gasteiger partial charge in [-0.2, -0.15) is 0 Å². The number of hydrogen-bond acceptors (Lipinski definition) is 6. The van der Waals surface area contributed by atoms with Crippen molar-refractivity contribution in [1.82, 2.24) is 9.80 Å². The Hall–Kier alpha value is -2.48. The molecule has 4 rings (SSSR count). The molecule has 0 aromatic heterocycles. The van der Waals surface area contributed by atoms with Gasteiger partial charge in [0.1, 0.15) is 11.9 Å². The lowest BCUT2D eigenvalue weighted by Gasteiger charge is -2.35. The lowest BCUT2D eigenvalue weighted by atomic mass is 10.1. The first kappa shape index (κ1) is 25.6. The summed E-state index contributed by atoms with van der Waals surface area (Å²) in [6.07, 6.45) is 0.299. The van der Waals surface area contributed by atoms with E-state index in [9.17, 15) is 4.79 Å². The monoisotopic (exact) mass is 502 g/mol. The van der Waals surface area contributed by atoms with Gasteiger partial charge < -0.3 is 23.8 Å². The average Bonchev–Trinajstić information content (AvgIpc) is 3.09. The number of fused-ring (bicyclic) bond motifs is 1. The van der Waals surface area contributed by atoms with Crippen molar-refractivity contribution in [2.75, 3.05) is 46.6 Å². The molecule has 8 heteroatoms. The normalized spacial score (nSPS) is 18.3. The number of halogens is 1. The number of carbonyl (C=O) groups is 1. The summed E-state index contributed by atoms with van der Waals surface area (Å²) in [5, 5.41) is 0.509. The van der Waals surface area contributed by atoms with Crippen molar-refractivity contribution < 1.29 is 23.7 Å². The molecule has 190 valence electrons. The SMILES string of the molecule is COc1cccc(CN2CCOC(C(=O)N(Cc3cc(Cl)c4c(c3)OCCCO4)CC(C)C)C2)c1. The molecule has 2 heterocycles. The number of nitrogens with zero attached hydrogens (tertiary/aromatic N) is 2. The summed E-state index contributed by atoms with van der Waals surface area (Å²) in [5.74, 6) is 2.36. The number of amides is 1. The third-order valence-corrected chi connectivity index (χ3v) is 6.38. The van der Waals surface area contributed by atoms with Gasteiger partial charge in [0.25, 0.3) is 5.91 Å². The maximum absolute atomic E-state index is 13.6. The first-order chi connectivity index (χ1) is 16.9. The van der Waals surface area contributed by atoms with E-state index >= 15 is 0 Å². The number of carbonyl (C=O) groups excluding carboxylic acids is 1. The van der Waals surface area contributed by atoms with Gasteiger partial charge in [-0.1, -0.05) is 37.6 Å². The Morgan fingerprint density at radius 3 is 2.80 bits per heavy atom.